The Kier molecular flexibility index (Phi) is 4.99. The number of aromatic nitrogens is 4. The van der Waals surface area contributed by atoms with Gasteiger partial charge in [-0.15, -0.1) is 0 Å². The summed E-state index contributed by atoms with van der Waals surface area (Å²) in [5.41, 5.74) is 2.94. The quantitative estimate of drug-likeness (QED) is 0.514. The Balaban J connectivity index is 1.74. The molecule has 10 heteroatoms. The molecule has 0 atom stereocenters. The average Bonchev–Trinajstić information content (AvgIpc) is 3.08. The molecule has 3 aromatic heterocycles. The molecule has 4 heterocycles. The molecule has 0 radical (unpaired) electrons. The summed E-state index contributed by atoms with van der Waals surface area (Å²) in [6.45, 7) is 1.41. The number of anilines is 3. The van der Waals surface area contributed by atoms with Crippen molar-refractivity contribution in [1.29, 1.82) is 0 Å². The number of nitrogens with one attached hydrogen (secondary N) is 2. The third-order valence-electron chi connectivity index (χ3n) is 4.58. The summed E-state index contributed by atoms with van der Waals surface area (Å²) in [5, 5.41) is 10.7. The maximum atomic E-state index is 11.4. The lowest BCUT2D eigenvalue weighted by Gasteiger charge is -2.36. The predicted octanol–water partition coefficient (Wildman–Crippen LogP) is 3.63. The van der Waals surface area contributed by atoms with Crippen LogP contribution in [0.4, 0.5) is 17.3 Å². The maximum Gasteiger partial charge on any atom is 0.222 e. The van der Waals surface area contributed by atoms with Crippen LogP contribution < -0.4 is 10.6 Å². The third kappa shape index (κ3) is 4.09. The number of fused-ring (bicyclic) bond motifs is 1. The van der Waals surface area contributed by atoms with Gasteiger partial charge in [0.2, 0.25) is 5.91 Å². The highest BCUT2D eigenvalue weighted by molar-refractivity contribution is 8.24. The Morgan fingerprint density at radius 1 is 1.24 bits per heavy atom. The van der Waals surface area contributed by atoms with Crippen LogP contribution >= 0.6 is 10.6 Å². The van der Waals surface area contributed by atoms with Gasteiger partial charge in [0.05, 0.1) is 11.4 Å². The van der Waals surface area contributed by atoms with E-state index < -0.39 is 10.6 Å². The van der Waals surface area contributed by atoms with Crippen molar-refractivity contribution in [3.8, 4) is 11.3 Å². The largest absolute Gasteiger partial charge is 0.339 e. The number of hydrogen-bond acceptors (Lipinski definition) is 7. The molecule has 152 valence electrons. The van der Waals surface area contributed by atoms with Gasteiger partial charge >= 0.3 is 0 Å². The van der Waals surface area contributed by atoms with Crippen LogP contribution in [0.25, 0.3) is 11.3 Å². The highest BCUT2D eigenvalue weighted by atomic mass is 32.3. The molecule has 0 aliphatic carbocycles. The van der Waals surface area contributed by atoms with Crippen molar-refractivity contribution in [2.45, 2.75) is 24.8 Å². The summed E-state index contributed by atoms with van der Waals surface area (Å²) in [4.78, 5) is 20.2. The van der Waals surface area contributed by atoms with E-state index in [1.54, 1.807) is 23.0 Å². The standard InChI is InChI=1S/C19H22N6O3S/c1-12(26)21-18-10-16(14(11-20-18)15-7-8-25(2)24-15)22-17-6-5-13-4-3-9-29(27,28)19(13)23-17/h5-8,10-11,27-28H,3-4,9H2,1-2H3,(H2,20,21,22,23,26). The molecule has 9 nitrogen and oxygen atoms in total. The number of carbonyl (C=O) groups excluding carboxylic acids is 1. The molecule has 0 spiro atoms. The van der Waals surface area contributed by atoms with Gasteiger partial charge in [-0.25, -0.2) is 9.97 Å². The highest BCUT2D eigenvalue weighted by Gasteiger charge is 2.26. The molecule has 4 N–H and O–H groups in total. The first-order valence-electron chi connectivity index (χ1n) is 9.12. The van der Waals surface area contributed by atoms with Crippen molar-refractivity contribution >= 4 is 33.8 Å². The molecule has 1 aliphatic heterocycles. The fraction of sp³-hybridized carbons (Fsp3) is 0.263. The summed E-state index contributed by atoms with van der Waals surface area (Å²) >= 11 is 0. The van der Waals surface area contributed by atoms with Crippen molar-refractivity contribution in [2.75, 3.05) is 16.4 Å². The first kappa shape index (κ1) is 19.4. The Bertz CT molecular complexity index is 1080. The first-order chi connectivity index (χ1) is 13.8. The van der Waals surface area contributed by atoms with Gasteiger partial charge in [-0.2, -0.15) is 15.7 Å². The minimum Gasteiger partial charge on any atom is -0.339 e. The fourth-order valence-corrected chi connectivity index (χ4v) is 4.86. The van der Waals surface area contributed by atoms with Crippen molar-refractivity contribution in [3.63, 3.8) is 0 Å². The van der Waals surface area contributed by atoms with Gasteiger partial charge in [-0.05, 0) is 30.5 Å². The van der Waals surface area contributed by atoms with Gasteiger partial charge in [-0.1, -0.05) is 6.07 Å². The Hall–Kier alpha value is -2.95. The number of amides is 1. The summed E-state index contributed by atoms with van der Waals surface area (Å²) in [6, 6.07) is 7.23. The van der Waals surface area contributed by atoms with Crippen molar-refractivity contribution < 1.29 is 13.9 Å². The lowest BCUT2D eigenvalue weighted by atomic mass is 10.1. The van der Waals surface area contributed by atoms with Crippen molar-refractivity contribution in [1.82, 2.24) is 19.7 Å². The normalized spacial score (nSPS) is 16.0. The maximum absolute atomic E-state index is 11.4. The highest BCUT2D eigenvalue weighted by Crippen LogP contribution is 2.52. The van der Waals surface area contributed by atoms with Gasteiger partial charge in [0.1, 0.15) is 11.6 Å². The number of aryl methyl sites for hydroxylation is 2. The molecule has 0 aromatic carbocycles. The van der Waals surface area contributed by atoms with Gasteiger partial charge in [0, 0.05) is 43.7 Å². The number of rotatable bonds is 4. The number of nitrogens with zero attached hydrogens (tertiary/aromatic N) is 4. The molecule has 3 aromatic rings. The van der Waals surface area contributed by atoms with Crippen molar-refractivity contribution in [3.05, 3.63) is 42.2 Å². The molecular weight excluding hydrogens is 392 g/mol. The summed E-state index contributed by atoms with van der Waals surface area (Å²) < 4.78 is 22.4. The van der Waals surface area contributed by atoms with E-state index in [0.29, 0.717) is 33.8 Å². The predicted molar refractivity (Wildman–Crippen MR) is 113 cm³/mol. The van der Waals surface area contributed by atoms with Crippen LogP contribution in [0.1, 0.15) is 18.9 Å². The Morgan fingerprint density at radius 3 is 2.79 bits per heavy atom. The molecule has 4 rings (SSSR count). The second-order valence-electron chi connectivity index (χ2n) is 6.93. The lowest BCUT2D eigenvalue weighted by Crippen LogP contribution is -2.15. The van der Waals surface area contributed by atoms with E-state index in [2.05, 4.69) is 25.7 Å². The molecule has 0 bridgehead atoms. The van der Waals surface area contributed by atoms with Crippen LogP contribution in [-0.4, -0.2) is 40.5 Å². The SMILES string of the molecule is CC(=O)Nc1cc(Nc2ccc3c(n2)S(O)(O)CCC3)c(-c2ccn(C)n2)cn1. The topological polar surface area (TPSA) is 125 Å². The lowest BCUT2D eigenvalue weighted by molar-refractivity contribution is -0.114. The molecule has 1 aliphatic rings. The summed E-state index contributed by atoms with van der Waals surface area (Å²) in [7, 11) is -1.05. The molecule has 0 unspecified atom stereocenters. The third-order valence-corrected chi connectivity index (χ3v) is 6.41. The van der Waals surface area contributed by atoms with Gasteiger partial charge in [0.25, 0.3) is 0 Å². The van der Waals surface area contributed by atoms with Crippen LogP contribution in [-0.2, 0) is 18.3 Å². The Labute approximate surface area is 169 Å². The Morgan fingerprint density at radius 2 is 2.07 bits per heavy atom. The number of pyridine rings is 2. The summed E-state index contributed by atoms with van der Waals surface area (Å²) in [6.07, 6.45) is 4.97. The van der Waals surface area contributed by atoms with Crippen LogP contribution in [0.2, 0.25) is 0 Å². The average molecular weight is 414 g/mol. The van der Waals surface area contributed by atoms with Crippen molar-refractivity contribution in [2.24, 2.45) is 7.05 Å². The molecule has 0 saturated carbocycles. The first-order valence-corrected chi connectivity index (χ1v) is 10.8. The van der Waals surface area contributed by atoms with Gasteiger partial charge in [0.15, 0.2) is 5.03 Å². The van der Waals surface area contributed by atoms with Crippen LogP contribution in [0, 0.1) is 0 Å². The zero-order valence-corrected chi connectivity index (χ0v) is 16.9. The second-order valence-corrected chi connectivity index (χ2v) is 9.06. The minimum absolute atomic E-state index is 0.227. The van der Waals surface area contributed by atoms with E-state index in [1.807, 2.05) is 25.4 Å². The fourth-order valence-electron chi connectivity index (χ4n) is 3.28. The zero-order valence-electron chi connectivity index (χ0n) is 16.1. The molecule has 1 amide bonds. The van der Waals surface area contributed by atoms with E-state index in [0.717, 1.165) is 24.0 Å². The van der Waals surface area contributed by atoms with Gasteiger partial charge in [-0.3, -0.25) is 18.6 Å². The van der Waals surface area contributed by atoms with E-state index in [-0.39, 0.29) is 5.91 Å². The molecule has 29 heavy (non-hydrogen) atoms. The molecular formula is C19H22N6O3S. The van der Waals surface area contributed by atoms with E-state index in [9.17, 15) is 13.9 Å². The number of hydrogen-bond donors (Lipinski definition) is 4. The van der Waals surface area contributed by atoms with E-state index in [4.69, 9.17) is 0 Å². The number of carbonyl (C=O) groups is 1. The monoisotopic (exact) mass is 414 g/mol. The van der Waals surface area contributed by atoms with E-state index >= 15 is 0 Å². The summed E-state index contributed by atoms with van der Waals surface area (Å²) in [5.74, 6) is 0.969. The van der Waals surface area contributed by atoms with Crippen LogP contribution in [0.3, 0.4) is 0 Å². The van der Waals surface area contributed by atoms with E-state index in [1.165, 1.54) is 6.92 Å². The van der Waals surface area contributed by atoms with Crippen LogP contribution in [0.15, 0.2) is 41.7 Å². The molecule has 0 fully saturated rings. The minimum atomic E-state index is -2.88. The second kappa shape index (κ2) is 7.47. The smallest absolute Gasteiger partial charge is 0.222 e. The van der Waals surface area contributed by atoms with Gasteiger partial charge < -0.3 is 10.6 Å². The molecule has 0 saturated heterocycles. The zero-order chi connectivity index (χ0) is 20.6. The van der Waals surface area contributed by atoms with Crippen LogP contribution in [0.5, 0.6) is 0 Å².